The second-order valence-electron chi connectivity index (χ2n) is 3.89. The van der Waals surface area contributed by atoms with Crippen LogP contribution in [0.5, 0.6) is 5.75 Å². The van der Waals surface area contributed by atoms with Gasteiger partial charge in [-0.15, -0.1) is 0 Å². The van der Waals surface area contributed by atoms with Crippen molar-refractivity contribution in [2.45, 2.75) is 19.3 Å². The molecule has 1 aromatic carbocycles. The van der Waals surface area contributed by atoms with Crippen LogP contribution in [0.4, 0.5) is 0 Å². The van der Waals surface area contributed by atoms with E-state index in [1.165, 1.54) is 0 Å². The molecule has 0 saturated heterocycles. The summed E-state index contributed by atoms with van der Waals surface area (Å²) < 4.78 is 5.11. The maximum absolute atomic E-state index is 9.24. The minimum absolute atomic E-state index is 0.0554. The first kappa shape index (κ1) is 11.3. The molecule has 1 N–H and O–H groups in total. The zero-order chi connectivity index (χ0) is 10.8. The quantitative estimate of drug-likeness (QED) is 0.838. The number of methoxy groups -OCH3 is 1. The Hall–Kier alpha value is -0.730. The van der Waals surface area contributed by atoms with Crippen LogP contribution in [0.1, 0.15) is 19.4 Å². The normalized spacial score (nSPS) is 11.5. The summed E-state index contributed by atoms with van der Waals surface area (Å²) in [6, 6.07) is 5.45. The van der Waals surface area contributed by atoms with E-state index in [1.54, 1.807) is 19.2 Å². The van der Waals surface area contributed by atoms with E-state index in [0.29, 0.717) is 5.02 Å². The van der Waals surface area contributed by atoms with Gasteiger partial charge in [0, 0.05) is 10.4 Å². The molecule has 0 heterocycles. The van der Waals surface area contributed by atoms with Gasteiger partial charge in [0.05, 0.1) is 13.7 Å². The molecule has 0 unspecified atom stereocenters. The molecule has 1 aromatic rings. The first-order valence-corrected chi connectivity index (χ1v) is 4.84. The predicted molar refractivity (Wildman–Crippen MR) is 58.1 cm³/mol. The number of rotatable bonds is 3. The molecule has 2 nitrogen and oxygen atoms in total. The molecule has 0 aliphatic rings. The van der Waals surface area contributed by atoms with Crippen LogP contribution in [0, 0.1) is 0 Å². The lowest BCUT2D eigenvalue weighted by atomic mass is 9.85. The highest BCUT2D eigenvalue weighted by Crippen LogP contribution is 2.32. The summed E-state index contributed by atoms with van der Waals surface area (Å²) in [5, 5.41) is 9.89. The Balaban J connectivity index is 3.18. The molecule has 0 atom stereocenters. The summed E-state index contributed by atoms with van der Waals surface area (Å²) >= 11 is 6.05. The van der Waals surface area contributed by atoms with Crippen LogP contribution < -0.4 is 4.74 Å². The van der Waals surface area contributed by atoms with Crippen molar-refractivity contribution in [3.63, 3.8) is 0 Å². The number of halogens is 1. The van der Waals surface area contributed by atoms with Crippen molar-refractivity contribution in [3.8, 4) is 5.75 Å². The van der Waals surface area contributed by atoms with Gasteiger partial charge in [-0.05, 0) is 23.8 Å². The van der Waals surface area contributed by atoms with Crippen molar-refractivity contribution in [1.29, 1.82) is 0 Å². The van der Waals surface area contributed by atoms with Gasteiger partial charge in [-0.2, -0.15) is 0 Å². The van der Waals surface area contributed by atoms with E-state index in [-0.39, 0.29) is 12.0 Å². The number of benzene rings is 1. The van der Waals surface area contributed by atoms with Crippen LogP contribution in [0.15, 0.2) is 18.2 Å². The molecule has 3 heteroatoms. The number of hydrogen-bond acceptors (Lipinski definition) is 2. The van der Waals surface area contributed by atoms with E-state index in [1.807, 2.05) is 19.9 Å². The molecular formula is C11H15ClO2. The fraction of sp³-hybridized carbons (Fsp3) is 0.455. The Labute approximate surface area is 89.5 Å². The Morgan fingerprint density at radius 1 is 1.43 bits per heavy atom. The molecule has 78 valence electrons. The van der Waals surface area contributed by atoms with Gasteiger partial charge in [-0.3, -0.25) is 0 Å². The maximum Gasteiger partial charge on any atom is 0.119 e. The zero-order valence-electron chi connectivity index (χ0n) is 8.67. The molecule has 0 fully saturated rings. The standard InChI is InChI=1S/C11H15ClO2/c1-11(2,7-13)9-6-8(14-3)4-5-10(9)12/h4-6,13H,7H2,1-3H3. The monoisotopic (exact) mass is 214 g/mol. The molecule has 0 aliphatic carbocycles. The van der Waals surface area contributed by atoms with E-state index >= 15 is 0 Å². The van der Waals surface area contributed by atoms with Crippen molar-refractivity contribution in [2.75, 3.05) is 13.7 Å². The third kappa shape index (κ3) is 2.20. The van der Waals surface area contributed by atoms with Crippen LogP contribution in [0.3, 0.4) is 0 Å². The molecule has 0 aromatic heterocycles. The van der Waals surface area contributed by atoms with Crippen LogP contribution in [-0.4, -0.2) is 18.8 Å². The van der Waals surface area contributed by atoms with Crippen molar-refractivity contribution >= 4 is 11.6 Å². The molecule has 1 rings (SSSR count). The van der Waals surface area contributed by atoms with Gasteiger partial charge in [0.25, 0.3) is 0 Å². The summed E-state index contributed by atoms with van der Waals surface area (Å²) in [7, 11) is 1.61. The molecule has 0 spiro atoms. The van der Waals surface area contributed by atoms with Gasteiger partial charge >= 0.3 is 0 Å². The van der Waals surface area contributed by atoms with Gasteiger partial charge in [0.2, 0.25) is 0 Å². The lowest BCUT2D eigenvalue weighted by molar-refractivity contribution is 0.218. The average Bonchev–Trinajstić information content (AvgIpc) is 2.18. The van der Waals surface area contributed by atoms with Crippen LogP contribution in [0.2, 0.25) is 5.02 Å². The van der Waals surface area contributed by atoms with E-state index in [0.717, 1.165) is 11.3 Å². The van der Waals surface area contributed by atoms with E-state index in [2.05, 4.69) is 0 Å². The lowest BCUT2D eigenvalue weighted by Gasteiger charge is -2.23. The molecule has 0 saturated carbocycles. The third-order valence-corrected chi connectivity index (χ3v) is 2.63. The van der Waals surface area contributed by atoms with Crippen molar-refractivity contribution < 1.29 is 9.84 Å². The van der Waals surface area contributed by atoms with Crippen molar-refractivity contribution in [2.24, 2.45) is 0 Å². The minimum atomic E-state index is -0.342. The number of aliphatic hydroxyl groups is 1. The second-order valence-corrected chi connectivity index (χ2v) is 4.29. The Morgan fingerprint density at radius 2 is 2.07 bits per heavy atom. The molecule has 14 heavy (non-hydrogen) atoms. The first-order valence-electron chi connectivity index (χ1n) is 4.46. The fourth-order valence-electron chi connectivity index (χ4n) is 1.24. The topological polar surface area (TPSA) is 29.5 Å². The van der Waals surface area contributed by atoms with Crippen LogP contribution in [0.25, 0.3) is 0 Å². The van der Waals surface area contributed by atoms with Crippen molar-refractivity contribution in [1.82, 2.24) is 0 Å². The second kappa shape index (κ2) is 4.20. The average molecular weight is 215 g/mol. The number of hydrogen-bond donors (Lipinski definition) is 1. The highest BCUT2D eigenvalue weighted by molar-refractivity contribution is 6.31. The highest BCUT2D eigenvalue weighted by Gasteiger charge is 2.22. The highest BCUT2D eigenvalue weighted by atomic mass is 35.5. The lowest BCUT2D eigenvalue weighted by Crippen LogP contribution is -2.22. The minimum Gasteiger partial charge on any atom is -0.497 e. The van der Waals surface area contributed by atoms with Gasteiger partial charge in [0.1, 0.15) is 5.75 Å². The van der Waals surface area contributed by atoms with E-state index in [9.17, 15) is 5.11 Å². The van der Waals surface area contributed by atoms with Gasteiger partial charge < -0.3 is 9.84 Å². The molecule has 0 aliphatic heterocycles. The Morgan fingerprint density at radius 3 is 2.57 bits per heavy atom. The molecule has 0 bridgehead atoms. The molecular weight excluding hydrogens is 200 g/mol. The first-order chi connectivity index (χ1) is 6.51. The predicted octanol–water partition coefficient (Wildman–Crippen LogP) is 2.62. The Kier molecular flexibility index (Phi) is 3.40. The fourth-order valence-corrected chi connectivity index (χ4v) is 1.61. The third-order valence-electron chi connectivity index (χ3n) is 2.30. The van der Waals surface area contributed by atoms with E-state index in [4.69, 9.17) is 16.3 Å². The summed E-state index contributed by atoms with van der Waals surface area (Å²) in [5.74, 6) is 0.755. The van der Waals surface area contributed by atoms with Gasteiger partial charge in [0.15, 0.2) is 0 Å². The summed E-state index contributed by atoms with van der Waals surface area (Å²) in [6.07, 6.45) is 0. The number of ether oxygens (including phenoxy) is 1. The van der Waals surface area contributed by atoms with Gasteiger partial charge in [-0.25, -0.2) is 0 Å². The zero-order valence-corrected chi connectivity index (χ0v) is 9.43. The smallest absolute Gasteiger partial charge is 0.119 e. The Bertz CT molecular complexity index is 321. The van der Waals surface area contributed by atoms with Crippen LogP contribution in [-0.2, 0) is 5.41 Å². The summed E-state index contributed by atoms with van der Waals surface area (Å²) in [6.45, 7) is 3.93. The van der Waals surface area contributed by atoms with Crippen molar-refractivity contribution in [3.05, 3.63) is 28.8 Å². The number of aliphatic hydroxyl groups excluding tert-OH is 1. The maximum atomic E-state index is 9.24. The van der Waals surface area contributed by atoms with Crippen LogP contribution >= 0.6 is 11.6 Å². The summed E-state index contributed by atoms with van der Waals surface area (Å²) in [5.41, 5.74) is 0.562. The van der Waals surface area contributed by atoms with E-state index < -0.39 is 0 Å². The molecule has 0 amide bonds. The summed E-state index contributed by atoms with van der Waals surface area (Å²) in [4.78, 5) is 0. The van der Waals surface area contributed by atoms with Gasteiger partial charge in [-0.1, -0.05) is 25.4 Å². The SMILES string of the molecule is COc1ccc(Cl)c(C(C)(C)CO)c1. The largest absolute Gasteiger partial charge is 0.497 e. The molecule has 0 radical (unpaired) electrons.